The minimum Gasteiger partial charge on any atom is -0.453 e. The maximum atomic E-state index is 13.7. The Kier molecular flexibility index (Phi) is 7.03. The van der Waals surface area contributed by atoms with Gasteiger partial charge in [0, 0.05) is 30.7 Å². The van der Waals surface area contributed by atoms with Gasteiger partial charge in [-0.3, -0.25) is 4.79 Å². The van der Waals surface area contributed by atoms with Gasteiger partial charge >= 0.3 is 6.09 Å². The van der Waals surface area contributed by atoms with Crippen LogP contribution >= 0.6 is 0 Å². The molecule has 0 bridgehead atoms. The molecule has 1 fully saturated rings. The molecule has 2 atom stereocenters. The number of carbonyl (C=O) groups excluding carboxylic acids is 2. The zero-order valence-corrected chi connectivity index (χ0v) is 19.8. The zero-order valence-electron chi connectivity index (χ0n) is 19.8. The highest BCUT2D eigenvalue weighted by Gasteiger charge is 2.36. The number of nitrogens with one attached hydrogen (secondary N) is 2. The summed E-state index contributed by atoms with van der Waals surface area (Å²) in [5.74, 6) is 3.17. The summed E-state index contributed by atoms with van der Waals surface area (Å²) in [6, 6.07) is 8.81. The molecule has 8 nitrogen and oxygen atoms in total. The summed E-state index contributed by atoms with van der Waals surface area (Å²) < 4.78 is 10.2. The summed E-state index contributed by atoms with van der Waals surface area (Å²) in [4.78, 5) is 35.7. The van der Waals surface area contributed by atoms with Gasteiger partial charge in [-0.05, 0) is 56.2 Å². The monoisotopic (exact) mass is 462 g/mol. The lowest BCUT2D eigenvalue weighted by Crippen LogP contribution is -2.53. The normalized spacial score (nSPS) is 16.1. The maximum absolute atomic E-state index is 13.7. The van der Waals surface area contributed by atoms with Gasteiger partial charge in [0.2, 0.25) is 5.91 Å². The molecule has 2 aromatic carbocycles. The summed E-state index contributed by atoms with van der Waals surface area (Å²) in [5.41, 5.74) is 2.54. The van der Waals surface area contributed by atoms with Crippen molar-refractivity contribution in [3.05, 3.63) is 41.7 Å². The smallest absolute Gasteiger partial charge is 0.407 e. The fourth-order valence-corrected chi connectivity index (χ4v) is 4.67. The molecule has 0 aliphatic carbocycles. The van der Waals surface area contributed by atoms with E-state index in [1.54, 1.807) is 4.90 Å². The molecule has 1 aliphatic rings. The number of hydrogen-bond donors (Lipinski definition) is 2. The number of fused-ring (bicyclic) bond motifs is 3. The number of terminal acetylenes is 1. The number of likely N-dealkylation sites (N-methyl/N-ethyl adjacent to an activating group) is 1. The lowest BCUT2D eigenvalue weighted by molar-refractivity contribution is -0.137. The maximum Gasteiger partial charge on any atom is 0.407 e. The molecule has 8 heteroatoms. The molecule has 3 aromatic rings. The molecule has 0 spiro atoms. The number of hydrogen-bond acceptors (Lipinski definition) is 5. The molecular weight excluding hydrogens is 432 g/mol. The van der Waals surface area contributed by atoms with Crippen LogP contribution in [0.4, 0.5) is 4.79 Å². The van der Waals surface area contributed by atoms with Crippen LogP contribution in [0.3, 0.4) is 0 Å². The standard InChI is InChI=1S/C26H30N4O4/c1-5-17-7-9-20-19(15-17)8-10-21-23(20)28-24(27-21)16(3)30(6-2)25(31)22(29-26(32)33-4)18-11-13-34-14-12-18/h1,7-10,15-16,18,22H,6,11-14H2,2-4H3,(H,27,28)(H,29,32). The molecule has 2 N–H and O–H groups in total. The second-order valence-corrected chi connectivity index (χ2v) is 8.53. The average Bonchev–Trinajstić information content (AvgIpc) is 3.32. The van der Waals surface area contributed by atoms with Gasteiger partial charge in [-0.1, -0.05) is 18.1 Å². The minimum atomic E-state index is -0.689. The third kappa shape index (κ3) is 4.57. The van der Waals surface area contributed by atoms with E-state index in [2.05, 4.69) is 16.2 Å². The van der Waals surface area contributed by atoms with Gasteiger partial charge in [0.15, 0.2) is 0 Å². The molecule has 0 saturated carbocycles. The van der Waals surface area contributed by atoms with Crippen LogP contribution < -0.4 is 5.32 Å². The van der Waals surface area contributed by atoms with Gasteiger partial charge < -0.3 is 24.7 Å². The Bertz CT molecular complexity index is 1240. The van der Waals surface area contributed by atoms with Gasteiger partial charge in [0.05, 0.1) is 24.2 Å². The fourth-order valence-electron chi connectivity index (χ4n) is 4.67. The second kappa shape index (κ2) is 10.1. The molecule has 4 rings (SSSR count). The van der Waals surface area contributed by atoms with E-state index in [0.29, 0.717) is 38.4 Å². The lowest BCUT2D eigenvalue weighted by atomic mass is 9.90. The van der Waals surface area contributed by atoms with Gasteiger partial charge in [0.1, 0.15) is 11.9 Å². The predicted molar refractivity (Wildman–Crippen MR) is 130 cm³/mol. The topological polar surface area (TPSA) is 96.6 Å². The first-order valence-corrected chi connectivity index (χ1v) is 11.6. The van der Waals surface area contributed by atoms with Crippen molar-refractivity contribution in [3.63, 3.8) is 0 Å². The van der Waals surface area contributed by atoms with Crippen molar-refractivity contribution < 1.29 is 19.1 Å². The summed E-state index contributed by atoms with van der Waals surface area (Å²) in [6.07, 6.45) is 6.32. The zero-order chi connectivity index (χ0) is 24.2. The number of amides is 2. The lowest BCUT2D eigenvalue weighted by Gasteiger charge is -2.35. The Morgan fingerprint density at radius 2 is 2.09 bits per heavy atom. The number of nitrogens with zero attached hydrogens (tertiary/aromatic N) is 2. The number of H-pyrrole nitrogens is 1. The van der Waals surface area contributed by atoms with Crippen molar-refractivity contribution >= 4 is 33.8 Å². The average molecular weight is 463 g/mol. The van der Waals surface area contributed by atoms with Crippen molar-refractivity contribution in [2.45, 2.75) is 38.8 Å². The van der Waals surface area contributed by atoms with Crippen LogP contribution in [0, 0.1) is 18.3 Å². The van der Waals surface area contributed by atoms with Crippen LogP contribution in [-0.2, 0) is 14.3 Å². The van der Waals surface area contributed by atoms with E-state index in [4.69, 9.17) is 20.9 Å². The molecule has 0 radical (unpaired) electrons. The summed E-state index contributed by atoms with van der Waals surface area (Å²) in [5, 5.41) is 4.77. The first kappa shape index (κ1) is 23.6. The molecule has 1 aromatic heterocycles. The van der Waals surface area contributed by atoms with E-state index in [9.17, 15) is 9.59 Å². The van der Waals surface area contributed by atoms with E-state index in [0.717, 1.165) is 27.4 Å². The highest BCUT2D eigenvalue weighted by molar-refractivity contribution is 6.04. The van der Waals surface area contributed by atoms with Gasteiger partial charge in [-0.2, -0.15) is 0 Å². The molecule has 2 unspecified atom stereocenters. The summed E-state index contributed by atoms with van der Waals surface area (Å²) >= 11 is 0. The Hall–Kier alpha value is -3.57. The third-order valence-electron chi connectivity index (χ3n) is 6.60. The SMILES string of the molecule is C#Cc1ccc2c(ccc3[nH]c(C(C)N(CC)C(=O)C(NC(=O)OC)C4CCOCC4)nc32)c1. The Labute approximate surface area is 199 Å². The summed E-state index contributed by atoms with van der Waals surface area (Å²) in [6.45, 7) is 5.46. The molecule has 2 amide bonds. The number of aromatic amines is 1. The van der Waals surface area contributed by atoms with Crippen LogP contribution in [0.15, 0.2) is 30.3 Å². The number of imidazole rings is 1. The minimum absolute atomic E-state index is 0.0217. The fraction of sp³-hybridized carbons (Fsp3) is 0.423. The van der Waals surface area contributed by atoms with E-state index in [-0.39, 0.29) is 17.9 Å². The first-order valence-electron chi connectivity index (χ1n) is 11.6. The quantitative estimate of drug-likeness (QED) is 0.544. The van der Waals surface area contributed by atoms with Gasteiger partial charge in [0.25, 0.3) is 0 Å². The number of aromatic nitrogens is 2. The van der Waals surface area contributed by atoms with E-state index in [1.165, 1.54) is 7.11 Å². The van der Waals surface area contributed by atoms with E-state index >= 15 is 0 Å². The molecule has 1 saturated heterocycles. The van der Waals surface area contributed by atoms with Crippen LogP contribution in [-0.4, -0.2) is 59.8 Å². The van der Waals surface area contributed by atoms with E-state index < -0.39 is 12.1 Å². The number of benzene rings is 2. The van der Waals surface area contributed by atoms with Crippen LogP contribution in [0.1, 0.15) is 44.1 Å². The molecule has 34 heavy (non-hydrogen) atoms. The van der Waals surface area contributed by atoms with Crippen LogP contribution in [0.2, 0.25) is 0 Å². The highest BCUT2D eigenvalue weighted by atomic mass is 16.5. The first-order chi connectivity index (χ1) is 16.5. The largest absolute Gasteiger partial charge is 0.453 e. The Morgan fingerprint density at radius 3 is 2.76 bits per heavy atom. The van der Waals surface area contributed by atoms with Crippen molar-refractivity contribution in [3.8, 4) is 12.3 Å². The Balaban J connectivity index is 1.65. The molecule has 178 valence electrons. The van der Waals surface area contributed by atoms with Crippen LogP contribution in [0.5, 0.6) is 0 Å². The van der Waals surface area contributed by atoms with Crippen molar-refractivity contribution in [1.82, 2.24) is 20.2 Å². The number of alkyl carbamates (subject to hydrolysis) is 1. The molecule has 1 aliphatic heterocycles. The van der Waals surface area contributed by atoms with E-state index in [1.807, 2.05) is 44.2 Å². The van der Waals surface area contributed by atoms with Crippen LogP contribution in [0.25, 0.3) is 21.8 Å². The van der Waals surface area contributed by atoms with Crippen molar-refractivity contribution in [2.24, 2.45) is 5.92 Å². The van der Waals surface area contributed by atoms with Crippen molar-refractivity contribution in [1.29, 1.82) is 0 Å². The van der Waals surface area contributed by atoms with Gasteiger partial charge in [-0.25, -0.2) is 9.78 Å². The second-order valence-electron chi connectivity index (χ2n) is 8.53. The molecule has 2 heterocycles. The highest BCUT2D eigenvalue weighted by Crippen LogP contribution is 2.29. The summed E-state index contributed by atoms with van der Waals surface area (Å²) in [7, 11) is 1.30. The van der Waals surface area contributed by atoms with Crippen molar-refractivity contribution in [2.75, 3.05) is 26.9 Å². The number of ether oxygens (including phenoxy) is 2. The predicted octanol–water partition coefficient (Wildman–Crippen LogP) is 3.76. The van der Waals surface area contributed by atoms with Gasteiger partial charge in [-0.15, -0.1) is 6.42 Å². The molecular formula is C26H30N4O4. The Morgan fingerprint density at radius 1 is 1.32 bits per heavy atom. The number of methoxy groups -OCH3 is 1. The third-order valence-corrected chi connectivity index (χ3v) is 6.60. The number of rotatable bonds is 6. The number of carbonyl (C=O) groups is 2.